The summed E-state index contributed by atoms with van der Waals surface area (Å²) in [4.78, 5) is 4.22. The third kappa shape index (κ3) is 3.65. The molecule has 0 saturated carbocycles. The van der Waals surface area contributed by atoms with Gasteiger partial charge in [0.25, 0.3) is 0 Å². The van der Waals surface area contributed by atoms with E-state index in [0.717, 1.165) is 29.9 Å². The summed E-state index contributed by atoms with van der Waals surface area (Å²) in [5.41, 5.74) is 1.98. The highest BCUT2D eigenvalue weighted by atomic mass is 16.5. The molecule has 20 heavy (non-hydrogen) atoms. The molecule has 1 unspecified atom stereocenters. The lowest BCUT2D eigenvalue weighted by Gasteiger charge is -2.12. The van der Waals surface area contributed by atoms with Crippen LogP contribution < -0.4 is 0 Å². The molecule has 2 rings (SSSR count). The third-order valence-corrected chi connectivity index (χ3v) is 3.18. The van der Waals surface area contributed by atoms with Crippen molar-refractivity contribution in [2.24, 2.45) is 0 Å². The fourth-order valence-electron chi connectivity index (χ4n) is 2.14. The number of methoxy groups -OCH3 is 1. The summed E-state index contributed by atoms with van der Waals surface area (Å²) < 4.78 is 6.92. The molecular formula is C15H21N3O2. The standard InChI is InChI=1S/C15H21N3O2/c1-3-8-18-15(16-11-17-18)9-14(19)13-6-4-12(5-7-13)10-20-2/h4-7,11,14,19H,3,8-10H2,1-2H3. The van der Waals surface area contributed by atoms with Gasteiger partial charge in [0.1, 0.15) is 12.2 Å². The van der Waals surface area contributed by atoms with Gasteiger partial charge in [-0.1, -0.05) is 31.2 Å². The summed E-state index contributed by atoms with van der Waals surface area (Å²) in [7, 11) is 1.67. The Bertz CT molecular complexity index is 522. The van der Waals surface area contributed by atoms with E-state index in [0.29, 0.717) is 13.0 Å². The topological polar surface area (TPSA) is 60.2 Å². The number of hydrogen-bond acceptors (Lipinski definition) is 4. The molecule has 0 bridgehead atoms. The van der Waals surface area contributed by atoms with Crippen LogP contribution in [0.4, 0.5) is 0 Å². The lowest BCUT2D eigenvalue weighted by molar-refractivity contribution is 0.173. The molecule has 1 aromatic heterocycles. The van der Waals surface area contributed by atoms with E-state index >= 15 is 0 Å². The van der Waals surface area contributed by atoms with Crippen LogP contribution in [-0.2, 0) is 24.3 Å². The predicted molar refractivity (Wildman–Crippen MR) is 76.1 cm³/mol. The molecule has 5 nitrogen and oxygen atoms in total. The Morgan fingerprint density at radius 2 is 2.05 bits per heavy atom. The van der Waals surface area contributed by atoms with Crippen LogP contribution in [-0.4, -0.2) is 27.0 Å². The summed E-state index contributed by atoms with van der Waals surface area (Å²) in [5, 5.41) is 14.5. The number of nitrogens with zero attached hydrogens (tertiary/aromatic N) is 3. The van der Waals surface area contributed by atoms with Gasteiger partial charge in [0.2, 0.25) is 0 Å². The van der Waals surface area contributed by atoms with Crippen LogP contribution in [0, 0.1) is 0 Å². The van der Waals surface area contributed by atoms with Crippen molar-refractivity contribution in [3.63, 3.8) is 0 Å². The SMILES string of the molecule is CCCn1ncnc1CC(O)c1ccc(COC)cc1. The molecule has 0 aliphatic heterocycles. The van der Waals surface area contributed by atoms with E-state index in [4.69, 9.17) is 4.74 Å². The molecule has 1 heterocycles. The van der Waals surface area contributed by atoms with Crippen LogP contribution in [0.2, 0.25) is 0 Å². The second-order valence-electron chi connectivity index (χ2n) is 4.79. The van der Waals surface area contributed by atoms with Crippen LogP contribution in [0.3, 0.4) is 0 Å². The second kappa shape index (κ2) is 7.17. The Balaban J connectivity index is 2.03. The molecular weight excluding hydrogens is 254 g/mol. The Hall–Kier alpha value is -1.72. The Kier molecular flexibility index (Phi) is 5.26. The van der Waals surface area contributed by atoms with Gasteiger partial charge in [-0.15, -0.1) is 0 Å². The van der Waals surface area contributed by atoms with E-state index in [9.17, 15) is 5.11 Å². The summed E-state index contributed by atoms with van der Waals surface area (Å²) >= 11 is 0. The Morgan fingerprint density at radius 3 is 2.70 bits per heavy atom. The summed E-state index contributed by atoms with van der Waals surface area (Å²) in [6.07, 6.45) is 2.45. The highest BCUT2D eigenvalue weighted by Gasteiger charge is 2.13. The lowest BCUT2D eigenvalue weighted by atomic mass is 10.0. The van der Waals surface area contributed by atoms with E-state index in [1.54, 1.807) is 13.4 Å². The van der Waals surface area contributed by atoms with Gasteiger partial charge in [-0.3, -0.25) is 4.68 Å². The van der Waals surface area contributed by atoms with Crippen molar-refractivity contribution in [1.82, 2.24) is 14.8 Å². The lowest BCUT2D eigenvalue weighted by Crippen LogP contribution is -2.10. The molecule has 0 amide bonds. The van der Waals surface area contributed by atoms with Gasteiger partial charge < -0.3 is 9.84 Å². The van der Waals surface area contributed by atoms with E-state index in [2.05, 4.69) is 17.0 Å². The largest absolute Gasteiger partial charge is 0.388 e. The second-order valence-corrected chi connectivity index (χ2v) is 4.79. The first-order valence-electron chi connectivity index (χ1n) is 6.87. The maximum Gasteiger partial charge on any atom is 0.138 e. The van der Waals surface area contributed by atoms with Gasteiger partial charge >= 0.3 is 0 Å². The number of hydrogen-bond donors (Lipinski definition) is 1. The number of aryl methyl sites for hydroxylation is 1. The fourth-order valence-corrected chi connectivity index (χ4v) is 2.14. The third-order valence-electron chi connectivity index (χ3n) is 3.18. The molecule has 1 N–H and O–H groups in total. The number of benzene rings is 1. The average Bonchev–Trinajstić information content (AvgIpc) is 2.88. The minimum atomic E-state index is -0.564. The summed E-state index contributed by atoms with van der Waals surface area (Å²) in [6, 6.07) is 7.80. The number of aliphatic hydroxyl groups excluding tert-OH is 1. The highest BCUT2D eigenvalue weighted by molar-refractivity contribution is 5.24. The molecule has 108 valence electrons. The molecule has 2 aromatic rings. The van der Waals surface area contributed by atoms with E-state index in [-0.39, 0.29) is 0 Å². The van der Waals surface area contributed by atoms with Gasteiger partial charge in [-0.2, -0.15) is 5.10 Å². The van der Waals surface area contributed by atoms with Crippen LogP contribution in [0.1, 0.15) is 36.4 Å². The highest BCUT2D eigenvalue weighted by Crippen LogP contribution is 2.18. The van der Waals surface area contributed by atoms with Crippen molar-refractivity contribution < 1.29 is 9.84 Å². The van der Waals surface area contributed by atoms with Gasteiger partial charge in [0, 0.05) is 20.1 Å². The molecule has 0 radical (unpaired) electrons. The summed E-state index contributed by atoms with van der Waals surface area (Å²) in [6.45, 7) is 3.51. The fraction of sp³-hybridized carbons (Fsp3) is 0.467. The number of rotatable bonds is 7. The van der Waals surface area contributed by atoms with Gasteiger partial charge in [-0.05, 0) is 17.5 Å². The van der Waals surface area contributed by atoms with Gasteiger partial charge in [-0.25, -0.2) is 4.98 Å². The van der Waals surface area contributed by atoms with E-state index in [1.807, 2.05) is 28.9 Å². The molecule has 1 aromatic carbocycles. The first kappa shape index (κ1) is 14.7. The van der Waals surface area contributed by atoms with E-state index < -0.39 is 6.10 Å². The van der Waals surface area contributed by atoms with Crippen molar-refractivity contribution >= 4 is 0 Å². The van der Waals surface area contributed by atoms with Crippen LogP contribution in [0.15, 0.2) is 30.6 Å². The maximum absolute atomic E-state index is 10.3. The summed E-state index contributed by atoms with van der Waals surface area (Å²) in [5.74, 6) is 0.820. The first-order chi connectivity index (χ1) is 9.74. The maximum atomic E-state index is 10.3. The number of aliphatic hydroxyl groups is 1. The Morgan fingerprint density at radius 1 is 1.30 bits per heavy atom. The zero-order valence-corrected chi connectivity index (χ0v) is 12.0. The number of ether oxygens (including phenoxy) is 1. The van der Waals surface area contributed by atoms with Crippen molar-refractivity contribution in [2.45, 2.75) is 39.0 Å². The quantitative estimate of drug-likeness (QED) is 0.840. The predicted octanol–water partition coefficient (Wildman–Crippen LogP) is 2.11. The normalized spacial score (nSPS) is 12.6. The molecule has 5 heteroatoms. The van der Waals surface area contributed by atoms with Crippen molar-refractivity contribution in [1.29, 1.82) is 0 Å². The molecule has 0 aliphatic carbocycles. The van der Waals surface area contributed by atoms with Crippen molar-refractivity contribution in [3.05, 3.63) is 47.5 Å². The molecule has 0 saturated heterocycles. The molecule has 0 spiro atoms. The smallest absolute Gasteiger partial charge is 0.138 e. The van der Waals surface area contributed by atoms with Crippen molar-refractivity contribution in [3.8, 4) is 0 Å². The zero-order valence-electron chi connectivity index (χ0n) is 12.0. The van der Waals surface area contributed by atoms with Crippen LogP contribution in [0.25, 0.3) is 0 Å². The number of aromatic nitrogens is 3. The molecule has 1 atom stereocenters. The average molecular weight is 275 g/mol. The Labute approximate surface area is 119 Å². The molecule has 0 aliphatic rings. The van der Waals surface area contributed by atoms with Gasteiger partial charge in [0.15, 0.2) is 0 Å². The van der Waals surface area contributed by atoms with Gasteiger partial charge in [0.05, 0.1) is 12.7 Å². The first-order valence-corrected chi connectivity index (χ1v) is 6.87. The van der Waals surface area contributed by atoms with Crippen LogP contribution >= 0.6 is 0 Å². The van der Waals surface area contributed by atoms with E-state index in [1.165, 1.54) is 0 Å². The monoisotopic (exact) mass is 275 g/mol. The van der Waals surface area contributed by atoms with Crippen molar-refractivity contribution in [2.75, 3.05) is 7.11 Å². The molecule has 0 fully saturated rings. The van der Waals surface area contributed by atoms with Crippen LogP contribution in [0.5, 0.6) is 0 Å². The zero-order chi connectivity index (χ0) is 14.4. The minimum Gasteiger partial charge on any atom is -0.388 e. The minimum absolute atomic E-state index is 0.476.